The molecule has 1 saturated carbocycles. The summed E-state index contributed by atoms with van der Waals surface area (Å²) in [4.78, 5) is 33.1. The first-order valence-corrected chi connectivity index (χ1v) is 11.1. The molecule has 0 atom stereocenters. The molecule has 160 valence electrons. The van der Waals surface area contributed by atoms with Gasteiger partial charge in [0.05, 0.1) is 5.75 Å². The van der Waals surface area contributed by atoms with Gasteiger partial charge in [-0.05, 0) is 50.8 Å². The van der Waals surface area contributed by atoms with Crippen molar-refractivity contribution in [3.63, 3.8) is 0 Å². The maximum atomic E-state index is 12.5. The summed E-state index contributed by atoms with van der Waals surface area (Å²) in [6.07, 6.45) is 5.16. The molecule has 0 saturated heterocycles. The van der Waals surface area contributed by atoms with E-state index in [9.17, 15) is 9.59 Å². The maximum Gasteiger partial charge on any atom is 0.272 e. The lowest BCUT2D eigenvalue weighted by molar-refractivity contribution is -0.113. The molecule has 3 aromatic rings. The predicted molar refractivity (Wildman–Crippen MR) is 120 cm³/mol. The monoisotopic (exact) mass is 436 g/mol. The first-order valence-electron chi connectivity index (χ1n) is 10.1. The largest absolute Gasteiger partial charge is 0.348 e. The summed E-state index contributed by atoms with van der Waals surface area (Å²) in [5, 5.41) is 10.9. The van der Waals surface area contributed by atoms with Gasteiger partial charge in [0.15, 0.2) is 11.5 Å². The Labute approximate surface area is 184 Å². The van der Waals surface area contributed by atoms with Gasteiger partial charge in [-0.25, -0.2) is 14.6 Å². The number of carbonyl (C=O) groups excluding carboxylic acids is 2. The number of thioether (sulfide) groups is 1. The highest BCUT2D eigenvalue weighted by molar-refractivity contribution is 7.99. The fourth-order valence-electron chi connectivity index (χ4n) is 3.29. The fourth-order valence-corrected chi connectivity index (χ4v) is 3.95. The minimum atomic E-state index is -0.178. The van der Waals surface area contributed by atoms with Gasteiger partial charge in [-0.15, -0.1) is 0 Å². The number of hydrogen-bond donors (Lipinski definition) is 2. The number of anilines is 1. The van der Waals surface area contributed by atoms with Crippen molar-refractivity contribution >= 4 is 29.3 Å². The third kappa shape index (κ3) is 5.29. The van der Waals surface area contributed by atoms with Crippen LogP contribution in [-0.4, -0.2) is 43.4 Å². The lowest BCUT2D eigenvalue weighted by atomic mass is 10.1. The number of aromatic nitrogens is 4. The molecule has 1 fully saturated rings. The Balaban J connectivity index is 1.38. The van der Waals surface area contributed by atoms with E-state index in [0.717, 1.165) is 29.7 Å². The molecule has 2 aromatic heterocycles. The van der Waals surface area contributed by atoms with Gasteiger partial charge in [-0.3, -0.25) is 9.59 Å². The van der Waals surface area contributed by atoms with E-state index in [1.807, 2.05) is 20.8 Å². The highest BCUT2D eigenvalue weighted by Gasteiger charge is 2.24. The maximum absolute atomic E-state index is 12.5. The van der Waals surface area contributed by atoms with Gasteiger partial charge < -0.3 is 10.6 Å². The van der Waals surface area contributed by atoms with E-state index in [1.54, 1.807) is 18.3 Å². The zero-order valence-electron chi connectivity index (χ0n) is 17.7. The highest BCUT2D eigenvalue weighted by atomic mass is 32.2. The van der Waals surface area contributed by atoms with E-state index >= 15 is 0 Å². The summed E-state index contributed by atoms with van der Waals surface area (Å²) >= 11 is 1.32. The van der Waals surface area contributed by atoms with Crippen LogP contribution < -0.4 is 10.6 Å². The molecular weight excluding hydrogens is 412 g/mol. The third-order valence-electron chi connectivity index (χ3n) is 4.89. The minimum Gasteiger partial charge on any atom is -0.348 e. The van der Waals surface area contributed by atoms with Crippen molar-refractivity contribution < 1.29 is 9.59 Å². The molecule has 4 rings (SSSR count). The predicted octanol–water partition coefficient (Wildman–Crippen LogP) is 3.21. The molecule has 1 aliphatic carbocycles. The van der Waals surface area contributed by atoms with Crippen LogP contribution >= 0.6 is 11.8 Å². The Hall–Kier alpha value is -3.20. The number of nitrogens with zero attached hydrogens (tertiary/aromatic N) is 4. The lowest BCUT2D eigenvalue weighted by Crippen LogP contribution is -2.25. The number of hydrogen-bond acceptors (Lipinski definition) is 6. The Kier molecular flexibility index (Phi) is 6.03. The van der Waals surface area contributed by atoms with Crippen molar-refractivity contribution in [1.82, 2.24) is 25.1 Å². The Morgan fingerprint density at radius 1 is 1.13 bits per heavy atom. The van der Waals surface area contributed by atoms with Gasteiger partial charge in [0, 0.05) is 24.0 Å². The number of benzene rings is 1. The normalized spacial score (nSPS) is 13.1. The van der Waals surface area contributed by atoms with Crippen LogP contribution in [0.4, 0.5) is 5.69 Å². The van der Waals surface area contributed by atoms with Crippen LogP contribution in [0.25, 0.3) is 5.82 Å². The second-order valence-corrected chi connectivity index (χ2v) is 8.71. The number of carbonyl (C=O) groups is 2. The zero-order valence-corrected chi connectivity index (χ0v) is 18.5. The standard InChI is InChI=1S/C22H24N6O2S/c1-13-8-14(2)21(15(3)9-13)26-19(29)11-31-20-10-18(23-12-24-20)28-7-6-17(27-28)22(30)25-16-4-5-16/h6-10,12,16H,4-5,11H2,1-3H3,(H,25,30)(H,26,29). The Morgan fingerprint density at radius 3 is 2.58 bits per heavy atom. The molecule has 1 aliphatic rings. The van der Waals surface area contributed by atoms with E-state index in [4.69, 9.17) is 0 Å². The van der Waals surface area contributed by atoms with Gasteiger partial charge in [-0.2, -0.15) is 5.10 Å². The molecule has 1 aromatic carbocycles. The lowest BCUT2D eigenvalue weighted by Gasteiger charge is -2.12. The van der Waals surface area contributed by atoms with Crippen molar-refractivity contribution in [2.75, 3.05) is 11.1 Å². The SMILES string of the molecule is Cc1cc(C)c(NC(=O)CSc2cc(-n3ccc(C(=O)NC4CC4)n3)ncn2)c(C)c1. The van der Waals surface area contributed by atoms with E-state index in [2.05, 4.69) is 37.8 Å². The smallest absolute Gasteiger partial charge is 0.272 e. The quantitative estimate of drug-likeness (QED) is 0.436. The van der Waals surface area contributed by atoms with Crippen LogP contribution in [0, 0.1) is 20.8 Å². The first kappa shape index (κ1) is 21.0. The molecule has 2 heterocycles. The van der Waals surface area contributed by atoms with Crippen molar-refractivity contribution in [2.24, 2.45) is 0 Å². The second-order valence-electron chi connectivity index (χ2n) is 7.72. The summed E-state index contributed by atoms with van der Waals surface area (Å²) in [7, 11) is 0. The molecule has 0 aliphatic heterocycles. The second kappa shape index (κ2) is 8.89. The first-order chi connectivity index (χ1) is 14.9. The molecule has 2 N–H and O–H groups in total. The van der Waals surface area contributed by atoms with Crippen LogP contribution in [0.15, 0.2) is 41.8 Å². The summed E-state index contributed by atoms with van der Waals surface area (Å²) in [6, 6.07) is 7.78. The van der Waals surface area contributed by atoms with Gasteiger partial charge in [0.2, 0.25) is 5.91 Å². The third-order valence-corrected chi connectivity index (χ3v) is 5.81. The molecular formula is C22H24N6O2S. The van der Waals surface area contributed by atoms with E-state index in [1.165, 1.54) is 28.3 Å². The van der Waals surface area contributed by atoms with Crippen LogP contribution in [-0.2, 0) is 4.79 Å². The molecule has 0 unspecified atom stereocenters. The average Bonchev–Trinajstić information content (AvgIpc) is 3.40. The van der Waals surface area contributed by atoms with E-state index < -0.39 is 0 Å². The molecule has 0 bridgehead atoms. The van der Waals surface area contributed by atoms with Gasteiger partial charge in [0.1, 0.15) is 11.4 Å². The van der Waals surface area contributed by atoms with E-state index in [0.29, 0.717) is 16.5 Å². The number of amides is 2. The van der Waals surface area contributed by atoms with Crippen molar-refractivity contribution in [1.29, 1.82) is 0 Å². The molecule has 2 amide bonds. The molecule has 0 radical (unpaired) electrons. The summed E-state index contributed by atoms with van der Waals surface area (Å²) in [5.74, 6) is 0.479. The van der Waals surface area contributed by atoms with Crippen LogP contribution in [0.5, 0.6) is 0 Å². The van der Waals surface area contributed by atoms with Gasteiger partial charge >= 0.3 is 0 Å². The van der Waals surface area contributed by atoms with E-state index in [-0.39, 0.29) is 23.6 Å². The fraction of sp³-hybridized carbons (Fsp3) is 0.318. The summed E-state index contributed by atoms with van der Waals surface area (Å²) < 4.78 is 1.53. The van der Waals surface area contributed by atoms with Crippen LogP contribution in [0.1, 0.15) is 40.0 Å². The zero-order chi connectivity index (χ0) is 22.0. The number of nitrogens with one attached hydrogen (secondary N) is 2. The highest BCUT2D eigenvalue weighted by Crippen LogP contribution is 2.23. The van der Waals surface area contributed by atoms with Crippen LogP contribution in [0.3, 0.4) is 0 Å². The topological polar surface area (TPSA) is 102 Å². The minimum absolute atomic E-state index is 0.0988. The molecule has 31 heavy (non-hydrogen) atoms. The molecule has 9 heteroatoms. The van der Waals surface area contributed by atoms with Gasteiger partial charge in [-0.1, -0.05) is 29.5 Å². The van der Waals surface area contributed by atoms with Crippen LogP contribution in [0.2, 0.25) is 0 Å². The van der Waals surface area contributed by atoms with Crippen molar-refractivity contribution in [3.05, 3.63) is 59.2 Å². The number of aryl methyl sites for hydroxylation is 3. The molecule has 8 nitrogen and oxygen atoms in total. The van der Waals surface area contributed by atoms with Crippen molar-refractivity contribution in [2.45, 2.75) is 44.7 Å². The summed E-state index contributed by atoms with van der Waals surface area (Å²) in [5.41, 5.74) is 4.46. The summed E-state index contributed by atoms with van der Waals surface area (Å²) in [6.45, 7) is 6.02. The number of rotatable bonds is 7. The molecule has 0 spiro atoms. The van der Waals surface area contributed by atoms with Crippen molar-refractivity contribution in [3.8, 4) is 5.82 Å². The Bertz CT molecular complexity index is 1120. The average molecular weight is 437 g/mol. The Morgan fingerprint density at radius 2 is 1.87 bits per heavy atom. The van der Waals surface area contributed by atoms with Gasteiger partial charge in [0.25, 0.3) is 5.91 Å².